The fraction of sp³-hybridized carbons (Fsp3) is 0.241. The normalized spacial score (nSPS) is 11.7. The number of ether oxygens (including phenoxy) is 4. The molecule has 1 N–H and O–H groups in total. The van der Waals surface area contributed by atoms with Crippen LogP contribution in [0.2, 0.25) is 0 Å². The summed E-state index contributed by atoms with van der Waals surface area (Å²) < 4.78 is 30.7. The number of benzene rings is 3. The van der Waals surface area contributed by atoms with E-state index in [1.165, 1.54) is 21.3 Å². The molecular weight excluding hydrogens is 520 g/mol. The van der Waals surface area contributed by atoms with Crippen molar-refractivity contribution in [2.24, 2.45) is 0 Å². The van der Waals surface area contributed by atoms with Crippen molar-refractivity contribution < 1.29 is 33.6 Å². The Morgan fingerprint density at radius 2 is 1.46 bits per heavy atom. The van der Waals surface area contributed by atoms with Crippen molar-refractivity contribution in [3.05, 3.63) is 76.9 Å². The lowest BCUT2D eigenvalue weighted by atomic mass is 9.89. The summed E-state index contributed by atoms with van der Waals surface area (Å²) in [6.07, 6.45) is -0.159. The van der Waals surface area contributed by atoms with E-state index in [4.69, 9.17) is 18.9 Å². The topological polar surface area (TPSA) is 117 Å². The predicted octanol–water partition coefficient (Wildman–Crippen LogP) is 5.47. The zero-order valence-electron chi connectivity index (χ0n) is 22.2. The number of fused-ring (bicyclic) bond motifs is 1. The fourth-order valence-electron chi connectivity index (χ4n) is 4.16. The summed E-state index contributed by atoms with van der Waals surface area (Å²) >= 11 is 1.03. The van der Waals surface area contributed by atoms with Gasteiger partial charge in [-0.15, -0.1) is 0 Å². The largest absolute Gasteiger partial charge is 0.497 e. The third-order valence-corrected chi connectivity index (χ3v) is 6.50. The van der Waals surface area contributed by atoms with Gasteiger partial charge in [0, 0.05) is 17.6 Å². The van der Waals surface area contributed by atoms with Gasteiger partial charge in [-0.2, -0.15) is 8.75 Å². The number of aliphatic carboxylic acids is 1. The molecule has 0 aliphatic carbocycles. The number of ketones is 1. The molecule has 9 nitrogen and oxygen atoms in total. The first kappa shape index (κ1) is 27.6. The number of aromatic nitrogens is 2. The van der Waals surface area contributed by atoms with Crippen LogP contribution in [0, 0.1) is 0 Å². The molecule has 0 fully saturated rings. The molecule has 10 heteroatoms. The second-order valence-corrected chi connectivity index (χ2v) is 9.39. The highest BCUT2D eigenvalue weighted by Crippen LogP contribution is 2.40. The van der Waals surface area contributed by atoms with E-state index < -0.39 is 11.8 Å². The summed E-state index contributed by atoms with van der Waals surface area (Å²) in [5, 5.41) is 10.4. The van der Waals surface area contributed by atoms with E-state index in [1.807, 2.05) is 13.8 Å². The van der Waals surface area contributed by atoms with Gasteiger partial charge in [-0.05, 0) is 73.5 Å². The average Bonchev–Trinajstić information content (AvgIpc) is 3.40. The second-order valence-electron chi connectivity index (χ2n) is 8.86. The lowest BCUT2D eigenvalue weighted by molar-refractivity contribution is -0.130. The van der Waals surface area contributed by atoms with E-state index in [-0.39, 0.29) is 23.7 Å². The van der Waals surface area contributed by atoms with Crippen LogP contribution in [0.3, 0.4) is 0 Å². The van der Waals surface area contributed by atoms with Gasteiger partial charge in [-0.25, -0.2) is 4.79 Å². The minimum absolute atomic E-state index is 0.0193. The quantitative estimate of drug-likeness (QED) is 0.192. The van der Waals surface area contributed by atoms with Gasteiger partial charge >= 0.3 is 5.97 Å². The summed E-state index contributed by atoms with van der Waals surface area (Å²) in [4.78, 5) is 26.7. The van der Waals surface area contributed by atoms with E-state index in [0.717, 1.165) is 11.7 Å². The number of hydrogen-bond donors (Lipinski definition) is 1. The van der Waals surface area contributed by atoms with Gasteiger partial charge < -0.3 is 24.1 Å². The van der Waals surface area contributed by atoms with E-state index in [9.17, 15) is 14.7 Å². The number of Topliss-reactive ketones (excluding diaryl/α,β-unsaturated/α-hetero) is 1. The van der Waals surface area contributed by atoms with E-state index in [0.29, 0.717) is 50.7 Å². The van der Waals surface area contributed by atoms with Crippen molar-refractivity contribution in [3.63, 3.8) is 0 Å². The zero-order valence-corrected chi connectivity index (χ0v) is 23.0. The van der Waals surface area contributed by atoms with Crippen LogP contribution in [0.4, 0.5) is 0 Å². The minimum Gasteiger partial charge on any atom is -0.497 e. The Morgan fingerprint density at radius 1 is 0.846 bits per heavy atom. The third-order valence-electron chi connectivity index (χ3n) is 5.94. The van der Waals surface area contributed by atoms with Gasteiger partial charge in [-0.3, -0.25) is 4.79 Å². The maximum Gasteiger partial charge on any atom is 0.336 e. The molecule has 4 aromatic rings. The molecule has 1 aromatic heterocycles. The molecule has 0 saturated carbocycles. The molecule has 0 unspecified atom stereocenters. The lowest BCUT2D eigenvalue weighted by Gasteiger charge is -2.19. The van der Waals surface area contributed by atoms with Gasteiger partial charge in [0.15, 0.2) is 17.3 Å². The second kappa shape index (κ2) is 12.0. The van der Waals surface area contributed by atoms with Crippen LogP contribution in [-0.2, 0) is 11.2 Å². The molecule has 0 radical (unpaired) electrons. The smallest absolute Gasteiger partial charge is 0.336 e. The number of carbonyl (C=O) groups excluding carboxylic acids is 1. The fourth-order valence-corrected chi connectivity index (χ4v) is 4.67. The van der Waals surface area contributed by atoms with Crippen molar-refractivity contribution in [2.75, 3.05) is 21.3 Å². The van der Waals surface area contributed by atoms with Crippen LogP contribution in [0.1, 0.15) is 35.3 Å². The minimum atomic E-state index is -1.24. The summed E-state index contributed by atoms with van der Waals surface area (Å²) in [6, 6.07) is 14.9. The zero-order chi connectivity index (χ0) is 28.1. The van der Waals surface area contributed by atoms with Gasteiger partial charge in [0.25, 0.3) is 0 Å². The maximum atomic E-state index is 13.9. The van der Waals surface area contributed by atoms with Crippen molar-refractivity contribution in [1.82, 2.24) is 8.75 Å². The molecule has 202 valence electrons. The van der Waals surface area contributed by atoms with Gasteiger partial charge in [0.05, 0.1) is 44.7 Å². The number of rotatable bonds is 11. The predicted molar refractivity (Wildman–Crippen MR) is 148 cm³/mol. The van der Waals surface area contributed by atoms with Gasteiger partial charge in [-0.1, -0.05) is 6.07 Å². The van der Waals surface area contributed by atoms with Crippen LogP contribution >= 0.6 is 11.7 Å². The highest BCUT2D eigenvalue weighted by molar-refractivity contribution is 7.00. The van der Waals surface area contributed by atoms with Crippen LogP contribution in [0.15, 0.2) is 60.2 Å². The maximum absolute atomic E-state index is 13.9. The Bertz CT molecular complexity index is 1520. The molecule has 4 rings (SSSR count). The van der Waals surface area contributed by atoms with Crippen LogP contribution in [0.25, 0.3) is 16.6 Å². The Labute approximate surface area is 229 Å². The highest BCUT2D eigenvalue weighted by Gasteiger charge is 2.26. The number of nitrogens with zero attached hydrogens (tertiary/aromatic N) is 2. The van der Waals surface area contributed by atoms with Crippen molar-refractivity contribution >= 4 is 40.1 Å². The summed E-state index contributed by atoms with van der Waals surface area (Å²) in [5.41, 5.74) is 2.41. The lowest BCUT2D eigenvalue weighted by Crippen LogP contribution is -2.14. The van der Waals surface area contributed by atoms with Crippen molar-refractivity contribution in [1.29, 1.82) is 0 Å². The Kier molecular flexibility index (Phi) is 8.46. The Morgan fingerprint density at radius 3 is 2.03 bits per heavy atom. The third kappa shape index (κ3) is 6.01. The molecule has 0 aliphatic heterocycles. The van der Waals surface area contributed by atoms with E-state index in [1.54, 1.807) is 54.6 Å². The number of carboxylic acid groups (broad SMARTS) is 1. The number of hydrogen-bond acceptors (Lipinski definition) is 9. The number of carboxylic acids is 1. The van der Waals surface area contributed by atoms with Crippen molar-refractivity contribution in [3.8, 4) is 23.0 Å². The molecule has 3 aromatic carbocycles. The molecule has 0 saturated heterocycles. The standard InChI is InChI=1S/C29H28N2O7S/c1-16(2)38-28-24(36-4)13-17(14-25(28)37-5)12-21(27(32)18-6-9-20(35-3)10-7-18)26(29(33)34)19-8-11-22-23(15-19)31-39-30-22/h6-11,13-16H,12H2,1-5H3,(H,33,34). The number of allylic oxidation sites excluding steroid dienone is 1. The first-order chi connectivity index (χ1) is 18.7. The summed E-state index contributed by atoms with van der Waals surface area (Å²) in [6.45, 7) is 3.77. The molecular formula is C29H28N2O7S. The highest BCUT2D eigenvalue weighted by atomic mass is 32.1. The van der Waals surface area contributed by atoms with Gasteiger partial charge in [0.2, 0.25) is 5.75 Å². The Hall–Kier alpha value is -4.44. The van der Waals surface area contributed by atoms with Crippen LogP contribution in [-0.4, -0.2) is 53.0 Å². The first-order valence-corrected chi connectivity index (χ1v) is 12.8. The SMILES string of the molecule is COc1ccc(C(=O)C(Cc2cc(OC)c(OC(C)C)c(OC)c2)=C(C(=O)O)c2ccc3nsnc3c2)cc1. The molecule has 0 spiro atoms. The molecule has 0 atom stereocenters. The monoisotopic (exact) mass is 548 g/mol. The number of carbonyl (C=O) groups is 2. The number of methoxy groups -OCH3 is 3. The molecule has 0 aliphatic rings. The molecule has 39 heavy (non-hydrogen) atoms. The Balaban J connectivity index is 1.91. The average molecular weight is 549 g/mol. The van der Waals surface area contributed by atoms with E-state index in [2.05, 4.69) is 8.75 Å². The van der Waals surface area contributed by atoms with Crippen LogP contribution < -0.4 is 18.9 Å². The van der Waals surface area contributed by atoms with Crippen molar-refractivity contribution in [2.45, 2.75) is 26.4 Å². The molecule has 1 heterocycles. The molecule has 0 bridgehead atoms. The molecule has 0 amide bonds. The summed E-state index contributed by atoms with van der Waals surface area (Å²) in [7, 11) is 4.54. The van der Waals surface area contributed by atoms with Crippen LogP contribution in [0.5, 0.6) is 23.0 Å². The van der Waals surface area contributed by atoms with E-state index >= 15 is 0 Å². The van der Waals surface area contributed by atoms with Gasteiger partial charge in [0.1, 0.15) is 16.8 Å². The summed E-state index contributed by atoms with van der Waals surface area (Å²) in [5.74, 6) is 0.125. The first-order valence-electron chi connectivity index (χ1n) is 12.0.